The monoisotopic (exact) mass is 156 g/mol. The quantitative estimate of drug-likeness (QED) is 0.460. The molecular formula is C4H9ClO4. The maximum atomic E-state index is 9.80. The van der Waals surface area contributed by atoms with Gasteiger partial charge in [-0.2, -0.15) is 14.0 Å². The molecule has 0 aromatic rings. The summed E-state index contributed by atoms with van der Waals surface area (Å²) in [7, 11) is -4.23. The first-order valence-electron chi connectivity index (χ1n) is 2.55. The molecule has 5 heteroatoms. The van der Waals surface area contributed by atoms with Gasteiger partial charge in [0.1, 0.15) is 0 Å². The number of hydrogen-bond donors (Lipinski definition) is 0. The second-order valence-corrected chi connectivity index (χ2v) is 2.62. The molecule has 0 aromatic heterocycles. The Kier molecular flexibility index (Phi) is 3.38. The lowest BCUT2D eigenvalue weighted by molar-refractivity contribution is -1.92. The van der Waals surface area contributed by atoms with E-state index in [1.165, 1.54) is 6.92 Å². The smallest absolute Gasteiger partial charge is 0.183 e. The zero-order valence-electron chi connectivity index (χ0n) is 5.30. The van der Waals surface area contributed by atoms with E-state index in [9.17, 15) is 14.0 Å². The summed E-state index contributed by atoms with van der Waals surface area (Å²) in [5.41, 5.74) is 0. The van der Waals surface area contributed by atoms with Gasteiger partial charge in [0.2, 0.25) is 6.10 Å². The molecule has 0 aromatic carbocycles. The van der Waals surface area contributed by atoms with Crippen LogP contribution in [0.2, 0.25) is 0 Å². The van der Waals surface area contributed by atoms with Gasteiger partial charge in [-0.05, 0) is 13.3 Å². The first kappa shape index (κ1) is 9.13. The van der Waals surface area contributed by atoms with Gasteiger partial charge in [-0.1, -0.05) is 6.92 Å². The average molecular weight is 157 g/mol. The number of halogens is 1. The molecule has 9 heavy (non-hydrogen) atoms. The molecule has 0 aliphatic heterocycles. The van der Waals surface area contributed by atoms with Gasteiger partial charge in [0.15, 0.2) is 0 Å². The van der Waals surface area contributed by atoms with Crippen molar-refractivity contribution in [2.75, 3.05) is 0 Å². The highest BCUT2D eigenvalue weighted by Gasteiger charge is 2.22. The SMILES string of the molecule is CCC(C)O[Cl+3]([O-])([O-])[O-]. The zero-order chi connectivity index (χ0) is 7.49. The van der Waals surface area contributed by atoms with E-state index in [-0.39, 0.29) is 0 Å². The first-order chi connectivity index (χ1) is 3.95. The van der Waals surface area contributed by atoms with E-state index in [0.29, 0.717) is 6.42 Å². The van der Waals surface area contributed by atoms with E-state index >= 15 is 0 Å². The normalized spacial score (nSPS) is 15.7. The highest BCUT2D eigenvalue weighted by Crippen LogP contribution is 2.00. The summed E-state index contributed by atoms with van der Waals surface area (Å²) in [4.78, 5) is 0. The van der Waals surface area contributed by atoms with Crippen molar-refractivity contribution in [2.24, 2.45) is 0 Å². The molecule has 1 atom stereocenters. The van der Waals surface area contributed by atoms with Crippen molar-refractivity contribution in [3.05, 3.63) is 0 Å². The Morgan fingerprint density at radius 2 is 1.89 bits per heavy atom. The largest absolute Gasteiger partial charge is 0.210 e. The van der Waals surface area contributed by atoms with Gasteiger partial charge < -0.3 is 0 Å². The fourth-order valence-electron chi connectivity index (χ4n) is 0.249. The molecule has 0 heterocycles. The topological polar surface area (TPSA) is 78.4 Å². The minimum atomic E-state index is -4.23. The van der Waals surface area contributed by atoms with Gasteiger partial charge in [0.25, 0.3) is 0 Å². The van der Waals surface area contributed by atoms with Crippen LogP contribution in [0.5, 0.6) is 0 Å². The highest BCUT2D eigenvalue weighted by atomic mass is 35.7. The molecule has 0 radical (unpaired) electrons. The standard InChI is InChI=1S/C4H9ClO4/c1-3-4(2)9-5(6,7)8/h4H,3H2,1-2H3. The van der Waals surface area contributed by atoms with Crippen molar-refractivity contribution in [1.29, 1.82) is 0 Å². The molecule has 0 spiro atoms. The summed E-state index contributed by atoms with van der Waals surface area (Å²) in [6, 6.07) is 0. The molecule has 4 nitrogen and oxygen atoms in total. The Labute approximate surface area is 55.8 Å². The van der Waals surface area contributed by atoms with Gasteiger partial charge in [0.05, 0.1) is 14.5 Å². The van der Waals surface area contributed by atoms with Crippen LogP contribution in [0.4, 0.5) is 0 Å². The number of hydrogen-bond acceptors (Lipinski definition) is 4. The van der Waals surface area contributed by atoms with Crippen LogP contribution >= 0.6 is 0 Å². The lowest BCUT2D eigenvalue weighted by Crippen LogP contribution is -2.62. The van der Waals surface area contributed by atoms with Crippen LogP contribution in [0, 0.1) is 10.2 Å². The Morgan fingerprint density at radius 3 is 2.00 bits per heavy atom. The first-order valence-corrected chi connectivity index (χ1v) is 3.78. The van der Waals surface area contributed by atoms with Crippen LogP contribution in [0.25, 0.3) is 0 Å². The van der Waals surface area contributed by atoms with E-state index in [4.69, 9.17) is 0 Å². The molecule has 0 amide bonds. The molecule has 0 aliphatic rings. The van der Waals surface area contributed by atoms with Crippen LogP contribution in [-0.2, 0) is 4.29 Å². The van der Waals surface area contributed by atoms with Crippen LogP contribution in [-0.4, -0.2) is 6.10 Å². The van der Waals surface area contributed by atoms with Crippen molar-refractivity contribution >= 4 is 0 Å². The second kappa shape index (κ2) is 3.34. The van der Waals surface area contributed by atoms with E-state index in [2.05, 4.69) is 4.29 Å². The lowest BCUT2D eigenvalue weighted by atomic mass is 10.3. The number of rotatable bonds is 3. The molecule has 0 fully saturated rings. The van der Waals surface area contributed by atoms with Crippen molar-refractivity contribution in [1.82, 2.24) is 0 Å². The van der Waals surface area contributed by atoms with Crippen LogP contribution in [0.3, 0.4) is 0 Å². The van der Waals surface area contributed by atoms with Crippen LogP contribution < -0.4 is 14.0 Å². The van der Waals surface area contributed by atoms with E-state index in [0.717, 1.165) is 0 Å². The van der Waals surface area contributed by atoms with Crippen molar-refractivity contribution in [2.45, 2.75) is 26.4 Å². The Hall–Kier alpha value is 0.130. The molecule has 1 unspecified atom stereocenters. The summed E-state index contributed by atoms with van der Waals surface area (Å²) >= 11 is 0. The Bertz CT molecular complexity index is 79.1. The minimum absolute atomic E-state index is 0.508. The van der Waals surface area contributed by atoms with Crippen LogP contribution in [0.15, 0.2) is 0 Å². The predicted molar refractivity (Wildman–Crippen MR) is 20.8 cm³/mol. The summed E-state index contributed by atoms with van der Waals surface area (Å²) in [5.74, 6) is 0. The van der Waals surface area contributed by atoms with Gasteiger partial charge in [-0.25, -0.2) is 0 Å². The maximum Gasteiger partial charge on any atom is 0.210 e. The molecule has 0 rings (SSSR count). The van der Waals surface area contributed by atoms with Crippen molar-refractivity contribution in [3.8, 4) is 0 Å². The van der Waals surface area contributed by atoms with E-state index in [1.807, 2.05) is 0 Å². The fourth-order valence-corrected chi connectivity index (χ4v) is 0.748. The molecule has 0 aliphatic carbocycles. The van der Waals surface area contributed by atoms with Crippen molar-refractivity contribution < 1.29 is 28.5 Å². The lowest BCUT2D eigenvalue weighted by Gasteiger charge is -2.14. The third kappa shape index (κ3) is 6.01. The minimum Gasteiger partial charge on any atom is -0.183 e. The Balaban J connectivity index is 3.47. The van der Waals surface area contributed by atoms with Gasteiger partial charge in [-0.3, -0.25) is 0 Å². The molecule has 0 bridgehead atoms. The van der Waals surface area contributed by atoms with E-state index < -0.39 is 16.3 Å². The highest BCUT2D eigenvalue weighted by molar-refractivity contribution is 4.36. The second-order valence-electron chi connectivity index (χ2n) is 1.69. The molecular weight excluding hydrogens is 147 g/mol. The zero-order valence-corrected chi connectivity index (χ0v) is 6.05. The molecule has 56 valence electrons. The van der Waals surface area contributed by atoms with Gasteiger partial charge in [-0.15, -0.1) is 0 Å². The third-order valence-corrected chi connectivity index (χ3v) is 1.36. The summed E-state index contributed by atoms with van der Waals surface area (Å²) in [6.45, 7) is 3.24. The summed E-state index contributed by atoms with van der Waals surface area (Å²) in [6.07, 6.45) is -0.0109. The third-order valence-electron chi connectivity index (χ3n) is 0.836. The Morgan fingerprint density at radius 1 is 1.44 bits per heavy atom. The average Bonchev–Trinajstić information content (AvgIpc) is 1.62. The van der Waals surface area contributed by atoms with Gasteiger partial charge in [0, 0.05) is 0 Å². The summed E-state index contributed by atoms with van der Waals surface area (Å²) < 4.78 is 33.4. The van der Waals surface area contributed by atoms with E-state index in [1.54, 1.807) is 6.92 Å². The predicted octanol–water partition coefficient (Wildman–Crippen LogP) is -2.30. The molecule has 0 saturated heterocycles. The van der Waals surface area contributed by atoms with Crippen LogP contribution in [0.1, 0.15) is 20.3 Å². The van der Waals surface area contributed by atoms with Gasteiger partial charge >= 0.3 is 0 Å². The molecule has 0 N–H and O–H groups in total. The molecule has 0 saturated carbocycles. The van der Waals surface area contributed by atoms with Crippen molar-refractivity contribution in [3.63, 3.8) is 0 Å². The maximum absolute atomic E-state index is 9.80. The summed E-state index contributed by atoms with van der Waals surface area (Å²) in [5, 5.41) is 0. The fraction of sp³-hybridized carbons (Fsp3) is 1.00.